The monoisotopic (exact) mass is 302 g/mol. The molecule has 0 saturated heterocycles. The van der Waals surface area contributed by atoms with Crippen molar-refractivity contribution in [2.75, 3.05) is 20.2 Å². The number of nitrogens with zero attached hydrogens (tertiary/aromatic N) is 1. The number of hydrogen-bond acceptors (Lipinski definition) is 4. The summed E-state index contributed by atoms with van der Waals surface area (Å²) in [4.78, 5) is 17.2. The zero-order valence-electron chi connectivity index (χ0n) is 13.0. The van der Waals surface area contributed by atoms with Gasteiger partial charge < -0.3 is 9.72 Å². The highest BCUT2D eigenvalue weighted by atomic mass is 16.5. The molecule has 2 aromatic rings. The van der Waals surface area contributed by atoms with E-state index in [1.54, 1.807) is 7.11 Å². The van der Waals surface area contributed by atoms with Gasteiger partial charge in [-0.3, -0.25) is 15.1 Å². The maximum Gasteiger partial charge on any atom is 0.235 e. The number of rotatable bonds is 4. The van der Waals surface area contributed by atoms with Crippen LogP contribution in [-0.4, -0.2) is 36.0 Å². The minimum Gasteiger partial charge on any atom is -0.497 e. The quantitative estimate of drug-likeness (QED) is 0.454. The van der Waals surface area contributed by atoms with E-state index in [9.17, 15) is 4.79 Å². The van der Waals surface area contributed by atoms with Crippen molar-refractivity contribution in [2.45, 2.75) is 25.8 Å². The van der Waals surface area contributed by atoms with Gasteiger partial charge in [-0.15, -0.1) is 0 Å². The smallest absolute Gasteiger partial charge is 0.235 e. The fraction of sp³-hybridized carbons (Fsp3) is 0.438. The summed E-state index contributed by atoms with van der Waals surface area (Å²) in [6.45, 7) is 3.83. The van der Waals surface area contributed by atoms with Gasteiger partial charge in [-0.1, -0.05) is 0 Å². The molecule has 118 valence electrons. The maximum absolute atomic E-state index is 11.3. The molecule has 1 atom stereocenters. The van der Waals surface area contributed by atoms with Crippen molar-refractivity contribution in [3.8, 4) is 5.75 Å². The molecule has 0 fully saturated rings. The van der Waals surface area contributed by atoms with Gasteiger partial charge in [0.2, 0.25) is 5.91 Å². The van der Waals surface area contributed by atoms with Crippen molar-refractivity contribution in [3.63, 3.8) is 0 Å². The van der Waals surface area contributed by atoms with E-state index in [0.29, 0.717) is 13.0 Å². The Labute approximate surface area is 129 Å². The molecule has 1 aliphatic rings. The first-order valence-electron chi connectivity index (χ1n) is 7.56. The van der Waals surface area contributed by atoms with Crippen LogP contribution in [0.3, 0.4) is 0 Å². The molecular weight excluding hydrogens is 280 g/mol. The fourth-order valence-corrected chi connectivity index (χ4v) is 3.26. The second-order valence-electron chi connectivity index (χ2n) is 5.71. The number of nitrogens with two attached hydrogens (primary N) is 1. The van der Waals surface area contributed by atoms with E-state index in [4.69, 9.17) is 10.6 Å². The Hall–Kier alpha value is -2.05. The highest BCUT2D eigenvalue weighted by molar-refractivity contribution is 5.86. The van der Waals surface area contributed by atoms with Crippen molar-refractivity contribution in [1.82, 2.24) is 15.3 Å². The zero-order valence-corrected chi connectivity index (χ0v) is 13.0. The number of hydrogen-bond donors (Lipinski definition) is 3. The number of methoxy groups -OCH3 is 1. The first-order valence-corrected chi connectivity index (χ1v) is 7.56. The van der Waals surface area contributed by atoms with E-state index < -0.39 is 0 Å². The van der Waals surface area contributed by atoms with Gasteiger partial charge in [-0.25, -0.2) is 5.84 Å². The van der Waals surface area contributed by atoms with E-state index in [2.05, 4.69) is 28.3 Å². The van der Waals surface area contributed by atoms with Crippen LogP contribution in [0.4, 0.5) is 0 Å². The lowest BCUT2D eigenvalue weighted by molar-refractivity contribution is -0.121. The van der Waals surface area contributed by atoms with E-state index in [-0.39, 0.29) is 11.9 Å². The number of carbonyl (C=O) groups excluding carboxylic acids is 1. The molecule has 0 radical (unpaired) electrons. The number of fused-ring (bicyclic) bond motifs is 3. The minimum absolute atomic E-state index is 0.126. The Balaban J connectivity index is 1.86. The lowest BCUT2D eigenvalue weighted by atomic mass is 9.98. The van der Waals surface area contributed by atoms with Crippen LogP contribution in [0.25, 0.3) is 10.9 Å². The molecule has 0 spiro atoms. The number of H-pyrrole nitrogens is 1. The van der Waals surface area contributed by atoms with Crippen molar-refractivity contribution >= 4 is 16.8 Å². The molecule has 6 nitrogen and oxygen atoms in total. The molecule has 22 heavy (non-hydrogen) atoms. The molecule has 0 saturated carbocycles. The maximum atomic E-state index is 11.3. The molecule has 1 amide bonds. The van der Waals surface area contributed by atoms with Gasteiger partial charge >= 0.3 is 0 Å². The highest BCUT2D eigenvalue weighted by Crippen LogP contribution is 2.35. The Morgan fingerprint density at radius 3 is 3.09 bits per heavy atom. The molecule has 0 unspecified atom stereocenters. The van der Waals surface area contributed by atoms with Crippen molar-refractivity contribution in [3.05, 3.63) is 29.5 Å². The van der Waals surface area contributed by atoms with Crippen LogP contribution in [-0.2, 0) is 11.2 Å². The molecule has 4 N–H and O–H groups in total. The van der Waals surface area contributed by atoms with Gasteiger partial charge in [0.25, 0.3) is 0 Å². The van der Waals surface area contributed by atoms with Crippen LogP contribution in [0.15, 0.2) is 18.2 Å². The summed E-state index contributed by atoms with van der Waals surface area (Å²) in [7, 11) is 1.68. The number of ether oxygens (including phenoxy) is 1. The summed E-state index contributed by atoms with van der Waals surface area (Å²) in [5, 5.41) is 1.27. The SMILES string of the molecule is COc1ccc2c3c([nH]c2c1)[C@@H](C)N(CCC(=O)NN)CC3. The van der Waals surface area contributed by atoms with E-state index >= 15 is 0 Å². The first kappa shape index (κ1) is 14.9. The van der Waals surface area contributed by atoms with E-state index in [1.165, 1.54) is 16.6 Å². The molecule has 3 rings (SSSR count). The van der Waals surface area contributed by atoms with Crippen LogP contribution < -0.4 is 16.0 Å². The van der Waals surface area contributed by atoms with Crippen molar-refractivity contribution in [2.24, 2.45) is 5.84 Å². The second-order valence-corrected chi connectivity index (χ2v) is 5.71. The summed E-state index contributed by atoms with van der Waals surface area (Å²) in [5.41, 5.74) is 5.91. The fourth-order valence-electron chi connectivity index (χ4n) is 3.26. The summed E-state index contributed by atoms with van der Waals surface area (Å²) >= 11 is 0. The average Bonchev–Trinajstić information content (AvgIpc) is 2.92. The van der Waals surface area contributed by atoms with E-state index in [0.717, 1.165) is 24.2 Å². The third kappa shape index (κ3) is 2.55. The summed E-state index contributed by atoms with van der Waals surface area (Å²) < 4.78 is 5.29. The number of nitrogens with one attached hydrogen (secondary N) is 2. The first-order chi connectivity index (χ1) is 10.6. The minimum atomic E-state index is -0.126. The Kier molecular flexibility index (Phi) is 4.04. The van der Waals surface area contributed by atoms with Gasteiger partial charge in [-0.05, 0) is 31.0 Å². The number of benzene rings is 1. The van der Waals surface area contributed by atoms with Gasteiger partial charge in [-0.2, -0.15) is 0 Å². The van der Waals surface area contributed by atoms with Crippen LogP contribution in [0.1, 0.15) is 30.6 Å². The Morgan fingerprint density at radius 1 is 1.55 bits per heavy atom. The van der Waals surface area contributed by atoms with E-state index in [1.807, 2.05) is 12.1 Å². The second kappa shape index (κ2) is 5.98. The predicted octanol–water partition coefficient (Wildman–Crippen LogP) is 1.48. The number of amides is 1. The van der Waals surface area contributed by atoms with Crippen molar-refractivity contribution < 1.29 is 9.53 Å². The Morgan fingerprint density at radius 2 is 2.36 bits per heavy atom. The highest BCUT2D eigenvalue weighted by Gasteiger charge is 2.27. The Bertz CT molecular complexity index is 695. The normalized spacial score (nSPS) is 18.2. The standard InChI is InChI=1S/C16H22N4O2/c1-10-16-13(5-7-20(10)8-6-15(21)19-17)12-4-3-11(22-2)9-14(12)18-16/h3-4,9-10,18H,5-8,17H2,1-2H3,(H,19,21)/t10-/m1/s1. The number of aromatic nitrogens is 1. The molecule has 0 aliphatic carbocycles. The van der Waals surface area contributed by atoms with Crippen LogP contribution in [0.5, 0.6) is 5.75 Å². The third-order valence-corrected chi connectivity index (χ3v) is 4.55. The topological polar surface area (TPSA) is 83.4 Å². The predicted molar refractivity (Wildman–Crippen MR) is 85.5 cm³/mol. The van der Waals surface area contributed by atoms with Gasteiger partial charge in [0.1, 0.15) is 5.75 Å². The molecular formula is C16H22N4O2. The third-order valence-electron chi connectivity index (χ3n) is 4.55. The summed E-state index contributed by atoms with van der Waals surface area (Å²) in [6.07, 6.45) is 1.40. The summed E-state index contributed by atoms with van der Waals surface area (Å²) in [6, 6.07) is 6.41. The zero-order chi connectivity index (χ0) is 15.7. The average molecular weight is 302 g/mol. The number of hydrazine groups is 1. The molecule has 0 bridgehead atoms. The van der Waals surface area contributed by atoms with Crippen LogP contribution in [0.2, 0.25) is 0 Å². The molecule has 1 aromatic heterocycles. The lowest BCUT2D eigenvalue weighted by Crippen LogP contribution is -2.38. The van der Waals surface area contributed by atoms with Gasteiger partial charge in [0.05, 0.1) is 7.11 Å². The molecule has 2 heterocycles. The number of aromatic amines is 1. The van der Waals surface area contributed by atoms with Gasteiger partial charge in [0, 0.05) is 48.2 Å². The van der Waals surface area contributed by atoms with Crippen LogP contribution >= 0.6 is 0 Å². The largest absolute Gasteiger partial charge is 0.497 e. The molecule has 1 aromatic carbocycles. The van der Waals surface area contributed by atoms with Crippen LogP contribution in [0, 0.1) is 0 Å². The van der Waals surface area contributed by atoms with Gasteiger partial charge in [0.15, 0.2) is 0 Å². The lowest BCUT2D eigenvalue weighted by Gasteiger charge is -2.33. The summed E-state index contributed by atoms with van der Waals surface area (Å²) in [5.74, 6) is 5.87. The number of carbonyl (C=O) groups is 1. The molecule has 1 aliphatic heterocycles. The molecule has 6 heteroatoms. The van der Waals surface area contributed by atoms with Crippen molar-refractivity contribution in [1.29, 1.82) is 0 Å².